The van der Waals surface area contributed by atoms with Gasteiger partial charge < -0.3 is 14.8 Å². The van der Waals surface area contributed by atoms with Crippen molar-refractivity contribution in [1.29, 1.82) is 0 Å². The lowest BCUT2D eigenvalue weighted by atomic mass is 9.87. The Kier molecular flexibility index (Phi) is 4.34. The van der Waals surface area contributed by atoms with Gasteiger partial charge in [-0.25, -0.2) is 0 Å². The summed E-state index contributed by atoms with van der Waals surface area (Å²) in [4.78, 5) is 0. The first kappa shape index (κ1) is 13.1. The molecule has 1 aliphatic carbocycles. The molecule has 0 saturated heterocycles. The molecule has 0 aromatic heterocycles. The number of methoxy groups -OCH3 is 2. The maximum absolute atomic E-state index is 5.40. The number of hydrogen-bond donors (Lipinski definition) is 1. The molecule has 1 fully saturated rings. The third-order valence-electron chi connectivity index (χ3n) is 3.70. The largest absolute Gasteiger partial charge is 0.497 e. The molecule has 0 aliphatic heterocycles. The van der Waals surface area contributed by atoms with E-state index in [0.29, 0.717) is 6.04 Å². The summed E-state index contributed by atoms with van der Waals surface area (Å²) in [5, 5.41) is 3.60. The third-order valence-corrected chi connectivity index (χ3v) is 3.70. The zero-order valence-electron chi connectivity index (χ0n) is 11.5. The molecule has 0 amide bonds. The maximum atomic E-state index is 5.40. The predicted molar refractivity (Wildman–Crippen MR) is 74.6 cm³/mol. The smallest absolute Gasteiger partial charge is 0.142 e. The third kappa shape index (κ3) is 3.09. The van der Waals surface area contributed by atoms with Gasteiger partial charge in [-0.3, -0.25) is 0 Å². The Morgan fingerprint density at radius 2 is 2.00 bits per heavy atom. The van der Waals surface area contributed by atoms with E-state index in [-0.39, 0.29) is 0 Å². The van der Waals surface area contributed by atoms with E-state index in [9.17, 15) is 0 Å². The molecule has 18 heavy (non-hydrogen) atoms. The quantitative estimate of drug-likeness (QED) is 0.882. The van der Waals surface area contributed by atoms with E-state index in [1.807, 2.05) is 18.2 Å². The Labute approximate surface area is 109 Å². The molecule has 2 atom stereocenters. The SMILES string of the molecule is COc1ccc(OC)c(NC2CCCC(C)C2)c1. The molecule has 0 bridgehead atoms. The van der Waals surface area contributed by atoms with Crippen LogP contribution in [0.25, 0.3) is 0 Å². The molecule has 1 N–H and O–H groups in total. The van der Waals surface area contributed by atoms with Gasteiger partial charge in [-0.1, -0.05) is 19.8 Å². The fourth-order valence-corrected chi connectivity index (χ4v) is 2.71. The zero-order chi connectivity index (χ0) is 13.0. The lowest BCUT2D eigenvalue weighted by molar-refractivity contribution is 0.356. The summed E-state index contributed by atoms with van der Waals surface area (Å²) in [5.74, 6) is 2.56. The average Bonchev–Trinajstić information content (AvgIpc) is 2.38. The number of rotatable bonds is 4. The topological polar surface area (TPSA) is 30.5 Å². The van der Waals surface area contributed by atoms with Gasteiger partial charge in [0, 0.05) is 12.1 Å². The fourth-order valence-electron chi connectivity index (χ4n) is 2.71. The molecule has 3 heteroatoms. The summed E-state index contributed by atoms with van der Waals surface area (Å²) < 4.78 is 10.7. The molecule has 1 saturated carbocycles. The van der Waals surface area contributed by atoms with Crippen LogP contribution in [-0.4, -0.2) is 20.3 Å². The van der Waals surface area contributed by atoms with Crippen LogP contribution < -0.4 is 14.8 Å². The minimum Gasteiger partial charge on any atom is -0.497 e. The van der Waals surface area contributed by atoms with Gasteiger partial charge in [0.1, 0.15) is 11.5 Å². The maximum Gasteiger partial charge on any atom is 0.142 e. The first-order valence-corrected chi connectivity index (χ1v) is 6.71. The molecule has 100 valence electrons. The Balaban J connectivity index is 2.11. The second-order valence-electron chi connectivity index (χ2n) is 5.18. The summed E-state index contributed by atoms with van der Waals surface area (Å²) in [6, 6.07) is 6.44. The van der Waals surface area contributed by atoms with Crippen molar-refractivity contribution in [2.75, 3.05) is 19.5 Å². The number of hydrogen-bond acceptors (Lipinski definition) is 3. The number of anilines is 1. The van der Waals surface area contributed by atoms with Crippen molar-refractivity contribution in [3.8, 4) is 11.5 Å². The molecular weight excluding hydrogens is 226 g/mol. The van der Waals surface area contributed by atoms with Crippen molar-refractivity contribution < 1.29 is 9.47 Å². The van der Waals surface area contributed by atoms with E-state index in [4.69, 9.17) is 9.47 Å². The van der Waals surface area contributed by atoms with Gasteiger partial charge in [-0.2, -0.15) is 0 Å². The predicted octanol–water partition coefficient (Wildman–Crippen LogP) is 3.69. The second kappa shape index (κ2) is 5.98. The Bertz CT molecular complexity index is 392. The van der Waals surface area contributed by atoms with Crippen LogP contribution in [0.5, 0.6) is 11.5 Å². The van der Waals surface area contributed by atoms with Crippen molar-refractivity contribution in [2.24, 2.45) is 5.92 Å². The van der Waals surface area contributed by atoms with Gasteiger partial charge in [0.05, 0.1) is 19.9 Å². The highest BCUT2D eigenvalue weighted by atomic mass is 16.5. The molecule has 2 unspecified atom stereocenters. The monoisotopic (exact) mass is 249 g/mol. The highest BCUT2D eigenvalue weighted by molar-refractivity contribution is 5.60. The average molecular weight is 249 g/mol. The van der Waals surface area contributed by atoms with Gasteiger partial charge in [0.2, 0.25) is 0 Å². The Hall–Kier alpha value is -1.38. The minimum atomic E-state index is 0.551. The lowest BCUT2D eigenvalue weighted by Crippen LogP contribution is -2.26. The normalized spacial score (nSPS) is 23.5. The number of benzene rings is 1. The Morgan fingerprint density at radius 3 is 2.67 bits per heavy atom. The summed E-state index contributed by atoms with van der Waals surface area (Å²) in [6.45, 7) is 2.33. The molecule has 1 aliphatic rings. The van der Waals surface area contributed by atoms with Crippen LogP contribution in [0, 0.1) is 5.92 Å². The molecule has 1 aromatic carbocycles. The fraction of sp³-hybridized carbons (Fsp3) is 0.600. The van der Waals surface area contributed by atoms with Crippen LogP contribution in [0.15, 0.2) is 18.2 Å². The molecule has 0 radical (unpaired) electrons. The van der Waals surface area contributed by atoms with Crippen molar-refractivity contribution in [3.63, 3.8) is 0 Å². The lowest BCUT2D eigenvalue weighted by Gasteiger charge is -2.29. The molecule has 0 heterocycles. The van der Waals surface area contributed by atoms with E-state index in [1.54, 1.807) is 14.2 Å². The van der Waals surface area contributed by atoms with Gasteiger partial charge in [0.25, 0.3) is 0 Å². The highest BCUT2D eigenvalue weighted by Crippen LogP contribution is 2.32. The standard InChI is InChI=1S/C15H23NO2/c1-11-5-4-6-12(9-11)16-14-10-13(17-2)7-8-15(14)18-3/h7-8,10-12,16H,4-6,9H2,1-3H3. The van der Waals surface area contributed by atoms with Crippen LogP contribution >= 0.6 is 0 Å². The van der Waals surface area contributed by atoms with Crippen LogP contribution in [-0.2, 0) is 0 Å². The highest BCUT2D eigenvalue weighted by Gasteiger charge is 2.19. The zero-order valence-corrected chi connectivity index (χ0v) is 11.5. The molecular formula is C15H23NO2. The van der Waals surface area contributed by atoms with Crippen LogP contribution in [0.1, 0.15) is 32.6 Å². The van der Waals surface area contributed by atoms with Crippen LogP contribution in [0.2, 0.25) is 0 Å². The van der Waals surface area contributed by atoms with Gasteiger partial charge in [-0.05, 0) is 30.9 Å². The van der Waals surface area contributed by atoms with Crippen LogP contribution in [0.4, 0.5) is 5.69 Å². The summed E-state index contributed by atoms with van der Waals surface area (Å²) in [5.41, 5.74) is 1.04. The van der Waals surface area contributed by atoms with Gasteiger partial charge >= 0.3 is 0 Å². The van der Waals surface area contributed by atoms with Crippen molar-refractivity contribution in [1.82, 2.24) is 0 Å². The van der Waals surface area contributed by atoms with Gasteiger partial charge in [-0.15, -0.1) is 0 Å². The molecule has 2 rings (SSSR count). The summed E-state index contributed by atoms with van der Waals surface area (Å²) in [6.07, 6.45) is 5.14. The minimum absolute atomic E-state index is 0.551. The summed E-state index contributed by atoms with van der Waals surface area (Å²) >= 11 is 0. The molecule has 1 aromatic rings. The summed E-state index contributed by atoms with van der Waals surface area (Å²) in [7, 11) is 3.39. The first-order chi connectivity index (χ1) is 8.72. The van der Waals surface area contributed by atoms with Crippen molar-refractivity contribution in [3.05, 3.63) is 18.2 Å². The molecule has 3 nitrogen and oxygen atoms in total. The van der Waals surface area contributed by atoms with Crippen LogP contribution in [0.3, 0.4) is 0 Å². The molecule has 0 spiro atoms. The second-order valence-corrected chi connectivity index (χ2v) is 5.18. The van der Waals surface area contributed by atoms with Crippen molar-refractivity contribution >= 4 is 5.69 Å². The van der Waals surface area contributed by atoms with E-state index in [0.717, 1.165) is 23.1 Å². The number of nitrogens with one attached hydrogen (secondary N) is 1. The number of ether oxygens (including phenoxy) is 2. The van der Waals surface area contributed by atoms with E-state index < -0.39 is 0 Å². The van der Waals surface area contributed by atoms with Crippen molar-refractivity contribution in [2.45, 2.75) is 38.6 Å². The van der Waals surface area contributed by atoms with E-state index >= 15 is 0 Å². The Morgan fingerprint density at radius 1 is 1.17 bits per heavy atom. The first-order valence-electron chi connectivity index (χ1n) is 6.71. The van der Waals surface area contributed by atoms with E-state index in [2.05, 4.69) is 12.2 Å². The van der Waals surface area contributed by atoms with Gasteiger partial charge in [0.15, 0.2) is 0 Å². The van der Waals surface area contributed by atoms with E-state index in [1.165, 1.54) is 25.7 Å².